The van der Waals surface area contributed by atoms with E-state index in [0.717, 1.165) is 40.7 Å². The van der Waals surface area contributed by atoms with Crippen molar-refractivity contribution >= 4 is 15.9 Å². The molecule has 0 amide bonds. The molecule has 1 aromatic heterocycles. The first-order chi connectivity index (χ1) is 8.97. The van der Waals surface area contributed by atoms with Gasteiger partial charge in [0.1, 0.15) is 6.10 Å². The maximum Gasteiger partial charge on any atom is 0.228 e. The third-order valence-electron chi connectivity index (χ3n) is 4.33. The average Bonchev–Trinajstić information content (AvgIpc) is 2.36. The van der Waals surface area contributed by atoms with Crippen LogP contribution in [0.3, 0.4) is 0 Å². The van der Waals surface area contributed by atoms with Crippen LogP contribution in [0.4, 0.5) is 0 Å². The van der Waals surface area contributed by atoms with Gasteiger partial charge < -0.3 is 4.74 Å². The normalized spacial score (nSPS) is 23.7. The fraction of sp³-hybridized carbons (Fsp3) is 0.688. The molecule has 0 aliphatic heterocycles. The smallest absolute Gasteiger partial charge is 0.228 e. The van der Waals surface area contributed by atoms with E-state index in [0.29, 0.717) is 6.10 Å². The van der Waals surface area contributed by atoms with Crippen molar-refractivity contribution in [2.24, 2.45) is 11.8 Å². The molecule has 0 atom stereocenters. The van der Waals surface area contributed by atoms with Crippen LogP contribution in [-0.2, 0) is 0 Å². The van der Waals surface area contributed by atoms with Gasteiger partial charge in [0, 0.05) is 5.69 Å². The number of aromatic nitrogens is 1. The van der Waals surface area contributed by atoms with Crippen molar-refractivity contribution in [1.29, 1.82) is 0 Å². The number of hydrogen-bond donors (Lipinski definition) is 0. The molecule has 0 aromatic carbocycles. The van der Waals surface area contributed by atoms with Gasteiger partial charge in [0.05, 0.1) is 4.47 Å². The zero-order valence-electron chi connectivity index (χ0n) is 12.4. The Morgan fingerprint density at radius 1 is 1.21 bits per heavy atom. The minimum atomic E-state index is 0.334. The van der Waals surface area contributed by atoms with Gasteiger partial charge in [-0.15, -0.1) is 0 Å². The van der Waals surface area contributed by atoms with Crippen LogP contribution in [0.15, 0.2) is 10.5 Å². The van der Waals surface area contributed by atoms with Gasteiger partial charge in [-0.2, -0.15) is 0 Å². The molecule has 1 aromatic rings. The molecule has 106 valence electrons. The van der Waals surface area contributed by atoms with Crippen LogP contribution in [0.25, 0.3) is 0 Å². The molecule has 1 saturated carbocycles. The van der Waals surface area contributed by atoms with Gasteiger partial charge in [0.15, 0.2) is 0 Å². The first-order valence-electron chi connectivity index (χ1n) is 7.27. The zero-order chi connectivity index (χ0) is 14.0. The minimum Gasteiger partial charge on any atom is -0.474 e. The third kappa shape index (κ3) is 3.71. The molecule has 1 aliphatic rings. The van der Waals surface area contributed by atoms with Crippen LogP contribution < -0.4 is 4.74 Å². The van der Waals surface area contributed by atoms with E-state index in [1.54, 1.807) is 0 Å². The highest BCUT2D eigenvalue weighted by molar-refractivity contribution is 9.10. The summed E-state index contributed by atoms with van der Waals surface area (Å²) in [4.78, 5) is 4.55. The molecule has 0 N–H and O–H groups in total. The van der Waals surface area contributed by atoms with Crippen LogP contribution in [0, 0.1) is 25.7 Å². The van der Waals surface area contributed by atoms with E-state index in [2.05, 4.69) is 47.8 Å². The Morgan fingerprint density at radius 2 is 1.84 bits per heavy atom. The lowest BCUT2D eigenvalue weighted by atomic mass is 9.80. The van der Waals surface area contributed by atoms with Gasteiger partial charge >= 0.3 is 0 Å². The summed E-state index contributed by atoms with van der Waals surface area (Å²) in [6.45, 7) is 8.76. The summed E-state index contributed by atoms with van der Waals surface area (Å²) in [5.41, 5.74) is 2.25. The van der Waals surface area contributed by atoms with Gasteiger partial charge in [-0.05, 0) is 78.9 Å². The van der Waals surface area contributed by atoms with Crippen molar-refractivity contribution in [2.45, 2.75) is 59.5 Å². The third-order valence-corrected chi connectivity index (χ3v) is 4.90. The van der Waals surface area contributed by atoms with Gasteiger partial charge in [-0.25, -0.2) is 4.98 Å². The quantitative estimate of drug-likeness (QED) is 0.775. The molecule has 2 rings (SSSR count). The lowest BCUT2D eigenvalue weighted by Crippen LogP contribution is -2.26. The molecule has 2 nitrogen and oxygen atoms in total. The van der Waals surface area contributed by atoms with E-state index in [1.165, 1.54) is 18.4 Å². The van der Waals surface area contributed by atoms with Crippen LogP contribution in [0.1, 0.15) is 50.8 Å². The number of hydrogen-bond acceptors (Lipinski definition) is 2. The second kappa shape index (κ2) is 6.25. The van der Waals surface area contributed by atoms with Gasteiger partial charge in [-0.1, -0.05) is 13.8 Å². The molecule has 19 heavy (non-hydrogen) atoms. The largest absolute Gasteiger partial charge is 0.474 e. The van der Waals surface area contributed by atoms with Crippen molar-refractivity contribution in [1.82, 2.24) is 4.98 Å². The molecule has 1 heterocycles. The molecule has 0 spiro atoms. The molecule has 0 unspecified atom stereocenters. The number of rotatable bonds is 3. The highest BCUT2D eigenvalue weighted by Gasteiger charge is 2.25. The Hall–Kier alpha value is -0.570. The Balaban J connectivity index is 1.98. The summed E-state index contributed by atoms with van der Waals surface area (Å²) in [5, 5.41) is 0. The fourth-order valence-electron chi connectivity index (χ4n) is 2.76. The topological polar surface area (TPSA) is 22.1 Å². The van der Waals surface area contributed by atoms with Crippen molar-refractivity contribution in [3.05, 3.63) is 21.8 Å². The minimum absolute atomic E-state index is 0.334. The van der Waals surface area contributed by atoms with Crippen LogP contribution in [0.5, 0.6) is 5.88 Å². The van der Waals surface area contributed by atoms with Crippen LogP contribution in [-0.4, -0.2) is 11.1 Å². The van der Waals surface area contributed by atoms with Crippen molar-refractivity contribution in [2.75, 3.05) is 0 Å². The number of nitrogens with zero attached hydrogens (tertiary/aromatic N) is 1. The molecule has 0 bridgehead atoms. The van der Waals surface area contributed by atoms with Crippen molar-refractivity contribution in [3.63, 3.8) is 0 Å². The second-order valence-electron chi connectivity index (χ2n) is 6.08. The predicted octanol–water partition coefficient (Wildman–Crippen LogP) is 5.05. The maximum atomic E-state index is 6.09. The SMILES string of the molecule is Cc1cc(Br)c(OC2CCC(C(C)C)CC2)nc1C. The summed E-state index contributed by atoms with van der Waals surface area (Å²) >= 11 is 3.56. The molecule has 1 fully saturated rings. The number of ether oxygens (including phenoxy) is 1. The molecule has 0 saturated heterocycles. The fourth-order valence-corrected chi connectivity index (χ4v) is 3.29. The zero-order valence-corrected chi connectivity index (χ0v) is 14.0. The highest BCUT2D eigenvalue weighted by atomic mass is 79.9. The Morgan fingerprint density at radius 3 is 2.42 bits per heavy atom. The second-order valence-corrected chi connectivity index (χ2v) is 6.93. The lowest BCUT2D eigenvalue weighted by Gasteiger charge is -2.31. The van der Waals surface area contributed by atoms with Gasteiger partial charge in [-0.3, -0.25) is 0 Å². The van der Waals surface area contributed by atoms with Crippen LogP contribution >= 0.6 is 15.9 Å². The molecule has 1 aliphatic carbocycles. The summed E-state index contributed by atoms with van der Waals surface area (Å²) in [7, 11) is 0. The molecular weight excluding hydrogens is 302 g/mol. The van der Waals surface area contributed by atoms with Crippen LogP contribution in [0.2, 0.25) is 0 Å². The van der Waals surface area contributed by atoms with E-state index in [4.69, 9.17) is 4.74 Å². The van der Waals surface area contributed by atoms with Crippen molar-refractivity contribution in [3.8, 4) is 5.88 Å². The Bertz CT molecular complexity index is 437. The maximum absolute atomic E-state index is 6.09. The first kappa shape index (κ1) is 14.8. The summed E-state index contributed by atoms with van der Waals surface area (Å²) in [6, 6.07) is 2.09. The molecular formula is C16H24BrNO. The highest BCUT2D eigenvalue weighted by Crippen LogP contribution is 2.33. The molecule has 3 heteroatoms. The Labute approximate surface area is 125 Å². The standard InChI is InChI=1S/C16H24BrNO/c1-10(2)13-5-7-14(8-6-13)19-16-15(17)9-11(3)12(4)18-16/h9-10,13-14H,5-8H2,1-4H3. The number of halogens is 1. The average molecular weight is 326 g/mol. The predicted molar refractivity (Wildman–Crippen MR) is 82.6 cm³/mol. The van der Waals surface area contributed by atoms with E-state index in [9.17, 15) is 0 Å². The van der Waals surface area contributed by atoms with E-state index >= 15 is 0 Å². The summed E-state index contributed by atoms with van der Waals surface area (Å²) < 4.78 is 7.07. The summed E-state index contributed by atoms with van der Waals surface area (Å²) in [6.07, 6.45) is 5.21. The van der Waals surface area contributed by atoms with Gasteiger partial charge in [0.25, 0.3) is 0 Å². The number of pyridine rings is 1. The Kier molecular flexibility index (Phi) is 4.88. The van der Waals surface area contributed by atoms with Gasteiger partial charge in [0.2, 0.25) is 5.88 Å². The lowest BCUT2D eigenvalue weighted by molar-refractivity contribution is 0.111. The van der Waals surface area contributed by atoms with E-state index < -0.39 is 0 Å². The van der Waals surface area contributed by atoms with E-state index in [1.807, 2.05) is 6.92 Å². The first-order valence-corrected chi connectivity index (χ1v) is 8.07. The van der Waals surface area contributed by atoms with Crippen molar-refractivity contribution < 1.29 is 4.74 Å². The molecule has 0 radical (unpaired) electrons. The van der Waals surface area contributed by atoms with E-state index in [-0.39, 0.29) is 0 Å². The summed E-state index contributed by atoms with van der Waals surface area (Å²) in [5.74, 6) is 2.43. The number of aryl methyl sites for hydroxylation is 2. The monoisotopic (exact) mass is 325 g/mol.